The summed E-state index contributed by atoms with van der Waals surface area (Å²) in [5.41, 5.74) is 0.710. The molecule has 3 amide bonds. The van der Waals surface area contributed by atoms with Gasteiger partial charge in [0.2, 0.25) is 0 Å². The first-order chi connectivity index (χ1) is 15.7. The Kier molecular flexibility index (Phi) is 6.28. The van der Waals surface area contributed by atoms with Gasteiger partial charge < -0.3 is 25.6 Å². The average Bonchev–Trinajstić information content (AvgIpc) is 2.79. The van der Waals surface area contributed by atoms with Gasteiger partial charge in [0.1, 0.15) is 0 Å². The first kappa shape index (κ1) is 22.7. The molecule has 0 aliphatic carbocycles. The quantitative estimate of drug-likeness (QED) is 0.648. The Morgan fingerprint density at radius 3 is 2.42 bits per heavy atom. The molecular formula is C23H23F3N4O3. The number of hydrogen-bond donors (Lipinski definition) is 3. The fourth-order valence-electron chi connectivity index (χ4n) is 3.97. The number of ether oxygens (including phenoxy) is 1. The van der Waals surface area contributed by atoms with Crippen LogP contribution < -0.4 is 20.9 Å². The van der Waals surface area contributed by atoms with E-state index in [1.54, 1.807) is 19.1 Å². The SMILES string of the molecule is CC1=C(C(=O)Nc2ccccc2C(F)(F)F)[C@@H](c2ccc(N3CCOCC3)cc2)NC(=O)N1. The van der Waals surface area contributed by atoms with E-state index in [9.17, 15) is 22.8 Å². The second-order valence-electron chi connectivity index (χ2n) is 7.76. The van der Waals surface area contributed by atoms with Gasteiger partial charge in [-0.05, 0) is 36.8 Å². The summed E-state index contributed by atoms with van der Waals surface area (Å²) in [5.74, 6) is -0.737. The van der Waals surface area contributed by atoms with Gasteiger partial charge in [0, 0.05) is 24.5 Å². The van der Waals surface area contributed by atoms with E-state index in [-0.39, 0.29) is 17.0 Å². The summed E-state index contributed by atoms with van der Waals surface area (Å²) in [6.07, 6.45) is -4.62. The largest absolute Gasteiger partial charge is 0.418 e. The van der Waals surface area contributed by atoms with Crippen molar-refractivity contribution in [3.05, 3.63) is 70.9 Å². The van der Waals surface area contributed by atoms with Gasteiger partial charge in [-0.15, -0.1) is 0 Å². The second kappa shape index (κ2) is 9.14. The van der Waals surface area contributed by atoms with Gasteiger partial charge in [-0.2, -0.15) is 13.2 Å². The fraction of sp³-hybridized carbons (Fsp3) is 0.304. The van der Waals surface area contributed by atoms with E-state index in [4.69, 9.17) is 4.74 Å². The zero-order valence-corrected chi connectivity index (χ0v) is 17.8. The molecule has 2 heterocycles. The van der Waals surface area contributed by atoms with Crippen molar-refractivity contribution in [1.82, 2.24) is 10.6 Å². The molecule has 0 unspecified atom stereocenters. The molecule has 1 atom stereocenters. The zero-order valence-electron chi connectivity index (χ0n) is 17.8. The molecule has 0 saturated carbocycles. The highest BCUT2D eigenvalue weighted by atomic mass is 19.4. The third-order valence-electron chi connectivity index (χ3n) is 5.60. The molecule has 3 N–H and O–H groups in total. The van der Waals surface area contributed by atoms with Crippen molar-refractivity contribution in [3.8, 4) is 0 Å². The number of anilines is 2. The molecule has 174 valence electrons. The van der Waals surface area contributed by atoms with Crippen molar-refractivity contribution in [2.24, 2.45) is 0 Å². The number of urea groups is 1. The molecule has 7 nitrogen and oxygen atoms in total. The molecule has 2 aliphatic heterocycles. The van der Waals surface area contributed by atoms with Crippen LogP contribution in [0.4, 0.5) is 29.3 Å². The number of hydrogen-bond acceptors (Lipinski definition) is 4. The number of nitrogens with zero attached hydrogens (tertiary/aromatic N) is 1. The van der Waals surface area contributed by atoms with Crippen molar-refractivity contribution in [2.75, 3.05) is 36.5 Å². The predicted octanol–water partition coefficient (Wildman–Crippen LogP) is 3.81. The Morgan fingerprint density at radius 1 is 1.09 bits per heavy atom. The lowest BCUT2D eigenvalue weighted by molar-refractivity contribution is -0.137. The van der Waals surface area contributed by atoms with Gasteiger partial charge in [0.15, 0.2) is 0 Å². The predicted molar refractivity (Wildman–Crippen MR) is 117 cm³/mol. The van der Waals surface area contributed by atoms with Crippen LogP contribution in [0.25, 0.3) is 0 Å². The maximum Gasteiger partial charge on any atom is 0.418 e. The van der Waals surface area contributed by atoms with Crippen molar-refractivity contribution in [2.45, 2.75) is 19.1 Å². The van der Waals surface area contributed by atoms with Crippen LogP contribution in [0, 0.1) is 0 Å². The summed E-state index contributed by atoms with van der Waals surface area (Å²) in [4.78, 5) is 27.4. The van der Waals surface area contributed by atoms with Crippen LogP contribution in [0.2, 0.25) is 0 Å². The average molecular weight is 460 g/mol. The standard InChI is InChI=1S/C23H23F3N4O3/c1-14-19(21(31)28-18-5-3-2-4-17(18)23(24,25)26)20(29-22(32)27-14)15-6-8-16(9-7-15)30-10-12-33-13-11-30/h2-9,20H,10-13H2,1H3,(H,28,31)(H2,27,29,32)/t20-/m1/s1. The number of nitrogens with one attached hydrogen (secondary N) is 3. The highest BCUT2D eigenvalue weighted by Crippen LogP contribution is 2.36. The Hall–Kier alpha value is -3.53. The minimum Gasteiger partial charge on any atom is -0.378 e. The Morgan fingerprint density at radius 2 is 1.76 bits per heavy atom. The number of benzene rings is 2. The van der Waals surface area contributed by atoms with Crippen LogP contribution in [0.3, 0.4) is 0 Å². The second-order valence-corrected chi connectivity index (χ2v) is 7.76. The van der Waals surface area contributed by atoms with E-state index in [2.05, 4.69) is 20.9 Å². The van der Waals surface area contributed by atoms with E-state index < -0.39 is 29.7 Å². The normalized spacial score (nSPS) is 19.1. The molecule has 0 aromatic heterocycles. The first-order valence-electron chi connectivity index (χ1n) is 10.4. The fourth-order valence-corrected chi connectivity index (χ4v) is 3.97. The summed E-state index contributed by atoms with van der Waals surface area (Å²) in [6, 6.07) is 10.8. The van der Waals surface area contributed by atoms with Crippen LogP contribution in [-0.4, -0.2) is 38.2 Å². The smallest absolute Gasteiger partial charge is 0.378 e. The topological polar surface area (TPSA) is 82.7 Å². The third-order valence-corrected chi connectivity index (χ3v) is 5.60. The van der Waals surface area contributed by atoms with Crippen LogP contribution in [0.1, 0.15) is 24.1 Å². The number of allylic oxidation sites excluding steroid dienone is 1. The molecule has 1 fully saturated rings. The van der Waals surface area contributed by atoms with Gasteiger partial charge in [-0.1, -0.05) is 24.3 Å². The highest BCUT2D eigenvalue weighted by molar-refractivity contribution is 6.07. The van der Waals surface area contributed by atoms with E-state index in [0.29, 0.717) is 18.8 Å². The van der Waals surface area contributed by atoms with Crippen molar-refractivity contribution >= 4 is 23.3 Å². The van der Waals surface area contributed by atoms with Crippen LogP contribution in [0.5, 0.6) is 0 Å². The van der Waals surface area contributed by atoms with Crippen molar-refractivity contribution in [1.29, 1.82) is 0 Å². The molecule has 0 radical (unpaired) electrons. The molecule has 33 heavy (non-hydrogen) atoms. The number of para-hydroxylation sites is 1. The van der Waals surface area contributed by atoms with Gasteiger partial charge in [-0.3, -0.25) is 4.79 Å². The third kappa shape index (κ3) is 4.95. The van der Waals surface area contributed by atoms with Crippen molar-refractivity contribution in [3.63, 3.8) is 0 Å². The number of morpholine rings is 1. The molecule has 10 heteroatoms. The molecule has 0 bridgehead atoms. The van der Waals surface area contributed by atoms with E-state index >= 15 is 0 Å². The van der Waals surface area contributed by atoms with Crippen LogP contribution >= 0.6 is 0 Å². The lowest BCUT2D eigenvalue weighted by Crippen LogP contribution is -2.46. The molecule has 4 rings (SSSR count). The van der Waals surface area contributed by atoms with Gasteiger partial charge in [0.05, 0.1) is 36.1 Å². The summed E-state index contributed by atoms with van der Waals surface area (Å²) < 4.78 is 45.4. The maximum atomic E-state index is 13.4. The maximum absolute atomic E-state index is 13.4. The zero-order chi connectivity index (χ0) is 23.6. The minimum atomic E-state index is -4.62. The number of amides is 3. The Bertz CT molecular complexity index is 1080. The summed E-state index contributed by atoms with van der Waals surface area (Å²) in [7, 11) is 0. The number of alkyl halides is 3. The van der Waals surface area contributed by atoms with Crippen LogP contribution in [0.15, 0.2) is 59.8 Å². The lowest BCUT2D eigenvalue weighted by atomic mass is 9.94. The minimum absolute atomic E-state index is 0.130. The van der Waals surface area contributed by atoms with Crippen molar-refractivity contribution < 1.29 is 27.5 Å². The summed E-state index contributed by atoms with van der Waals surface area (Å²) >= 11 is 0. The monoisotopic (exact) mass is 460 g/mol. The summed E-state index contributed by atoms with van der Waals surface area (Å²) in [6.45, 7) is 4.33. The van der Waals surface area contributed by atoms with E-state index in [1.165, 1.54) is 18.2 Å². The highest BCUT2D eigenvalue weighted by Gasteiger charge is 2.35. The first-order valence-corrected chi connectivity index (χ1v) is 10.4. The van der Waals surface area contributed by atoms with Gasteiger partial charge in [0.25, 0.3) is 5.91 Å². The number of halogens is 3. The van der Waals surface area contributed by atoms with Gasteiger partial charge in [-0.25, -0.2) is 4.79 Å². The number of carbonyl (C=O) groups excluding carboxylic acids is 2. The van der Waals surface area contributed by atoms with E-state index in [0.717, 1.165) is 24.8 Å². The Balaban J connectivity index is 1.62. The molecule has 1 saturated heterocycles. The molecular weight excluding hydrogens is 437 g/mol. The number of rotatable bonds is 4. The molecule has 2 aromatic carbocycles. The lowest BCUT2D eigenvalue weighted by Gasteiger charge is -2.31. The summed E-state index contributed by atoms with van der Waals surface area (Å²) in [5, 5.41) is 7.59. The Labute approximate surface area is 188 Å². The molecule has 2 aliphatic rings. The molecule has 2 aromatic rings. The van der Waals surface area contributed by atoms with Crippen LogP contribution in [-0.2, 0) is 15.7 Å². The van der Waals surface area contributed by atoms with Gasteiger partial charge >= 0.3 is 12.2 Å². The van der Waals surface area contributed by atoms with E-state index in [1.807, 2.05) is 12.1 Å². The number of carbonyl (C=O) groups is 2. The molecule has 0 spiro atoms.